The second-order valence-electron chi connectivity index (χ2n) is 8.15. The molecule has 0 aromatic carbocycles. The van der Waals surface area contributed by atoms with Crippen LogP contribution >= 0.6 is 0 Å². The monoisotopic (exact) mass is 361 g/mol. The Morgan fingerprint density at radius 3 is 2.77 bits per heavy atom. The first-order chi connectivity index (χ1) is 12.4. The van der Waals surface area contributed by atoms with Crippen LogP contribution in [0, 0.1) is 17.8 Å². The summed E-state index contributed by atoms with van der Waals surface area (Å²) in [6.45, 7) is 6.54. The quantitative estimate of drug-likeness (QED) is 0.724. The number of carbonyl (C=O) groups is 3. The minimum Gasteiger partial charge on any atom is -0.360 e. The first-order valence-corrected chi connectivity index (χ1v) is 9.60. The molecule has 1 N–H and O–H groups in total. The number of nitrogens with zero attached hydrogens (tertiary/aromatic N) is 2. The molecule has 3 saturated heterocycles. The number of hydrogen-bond donors (Lipinski definition) is 1. The van der Waals surface area contributed by atoms with Gasteiger partial charge in [-0.2, -0.15) is 0 Å². The van der Waals surface area contributed by atoms with Gasteiger partial charge in [-0.25, -0.2) is 0 Å². The number of piperidine rings is 1. The van der Waals surface area contributed by atoms with E-state index in [0.717, 1.165) is 25.9 Å². The van der Waals surface area contributed by atoms with Gasteiger partial charge in [0.2, 0.25) is 17.7 Å². The first-order valence-electron chi connectivity index (χ1n) is 9.60. The molecule has 0 aromatic rings. The van der Waals surface area contributed by atoms with Crippen molar-refractivity contribution in [2.45, 2.75) is 38.4 Å². The van der Waals surface area contributed by atoms with Crippen molar-refractivity contribution < 1.29 is 19.1 Å². The fraction of sp³-hybridized carbons (Fsp3) is 0.737. The Morgan fingerprint density at radius 2 is 2.08 bits per heavy atom. The van der Waals surface area contributed by atoms with Crippen LogP contribution in [0.1, 0.15) is 26.7 Å². The number of carbonyl (C=O) groups excluding carboxylic acids is 3. The summed E-state index contributed by atoms with van der Waals surface area (Å²) in [7, 11) is 0. The molecule has 4 rings (SSSR count). The average molecular weight is 361 g/mol. The van der Waals surface area contributed by atoms with E-state index in [-0.39, 0.29) is 23.8 Å². The van der Waals surface area contributed by atoms with Crippen molar-refractivity contribution in [2.75, 3.05) is 32.7 Å². The lowest BCUT2D eigenvalue weighted by Crippen LogP contribution is -2.48. The van der Waals surface area contributed by atoms with Gasteiger partial charge < -0.3 is 19.9 Å². The van der Waals surface area contributed by atoms with Crippen LogP contribution in [-0.4, -0.2) is 72.0 Å². The summed E-state index contributed by atoms with van der Waals surface area (Å²) in [5.74, 6) is -0.257. The zero-order chi connectivity index (χ0) is 18.5. The predicted molar refractivity (Wildman–Crippen MR) is 94.0 cm³/mol. The first kappa shape index (κ1) is 17.5. The molecule has 4 atom stereocenters. The van der Waals surface area contributed by atoms with Gasteiger partial charge in [0.1, 0.15) is 5.60 Å². The standard InChI is InChI=1S/C19H27N3O4/c1-12-4-8-21(9-5-12)17(24)15-14-3-6-19(26-14)11-22(18(25)16(15)19)10-7-20-13(2)23/h3,6,12,14-16H,4-5,7-11H2,1-2H3,(H,20,23)/t14-,15-,16-,19-/m0/s1. The fourth-order valence-electron chi connectivity index (χ4n) is 4.86. The van der Waals surface area contributed by atoms with Crippen LogP contribution in [0.15, 0.2) is 12.2 Å². The number of fused-ring (bicyclic) bond motifs is 1. The number of amides is 3. The zero-order valence-electron chi connectivity index (χ0n) is 15.4. The SMILES string of the molecule is CC(=O)NCCN1C[C@]23C=C[C@H](O2)[C@H](C(=O)N2CCC(C)CC2)[C@H]3C1=O. The van der Waals surface area contributed by atoms with Crippen molar-refractivity contribution in [1.82, 2.24) is 15.1 Å². The van der Waals surface area contributed by atoms with E-state index in [1.165, 1.54) is 6.92 Å². The topological polar surface area (TPSA) is 79.0 Å². The molecule has 0 aliphatic carbocycles. The lowest BCUT2D eigenvalue weighted by atomic mass is 9.76. The molecule has 3 fully saturated rings. The molecule has 7 nitrogen and oxygen atoms in total. The molecule has 7 heteroatoms. The Kier molecular flexibility index (Phi) is 4.29. The maximum atomic E-state index is 13.2. The normalized spacial score (nSPS) is 35.9. The van der Waals surface area contributed by atoms with Gasteiger partial charge in [0.15, 0.2) is 0 Å². The van der Waals surface area contributed by atoms with E-state index < -0.39 is 17.4 Å². The molecule has 0 saturated carbocycles. The largest absolute Gasteiger partial charge is 0.360 e. The number of ether oxygens (including phenoxy) is 1. The summed E-state index contributed by atoms with van der Waals surface area (Å²) in [4.78, 5) is 40.9. The van der Waals surface area contributed by atoms with Crippen molar-refractivity contribution in [1.29, 1.82) is 0 Å². The second kappa shape index (κ2) is 6.37. The summed E-state index contributed by atoms with van der Waals surface area (Å²) in [6, 6.07) is 0. The molecule has 4 heterocycles. The van der Waals surface area contributed by atoms with Crippen molar-refractivity contribution >= 4 is 17.7 Å². The third kappa shape index (κ3) is 2.73. The average Bonchev–Trinajstić information content (AvgIpc) is 3.23. The fourth-order valence-corrected chi connectivity index (χ4v) is 4.86. The molecule has 0 unspecified atom stereocenters. The van der Waals surface area contributed by atoms with E-state index >= 15 is 0 Å². The highest BCUT2D eigenvalue weighted by Gasteiger charge is 2.67. The molecule has 142 valence electrons. The van der Waals surface area contributed by atoms with Gasteiger partial charge in [-0.05, 0) is 18.8 Å². The zero-order valence-corrected chi connectivity index (χ0v) is 15.4. The van der Waals surface area contributed by atoms with E-state index in [4.69, 9.17) is 4.74 Å². The third-order valence-electron chi connectivity index (χ3n) is 6.31. The summed E-state index contributed by atoms with van der Waals surface area (Å²) < 4.78 is 6.15. The highest BCUT2D eigenvalue weighted by Crippen LogP contribution is 2.52. The van der Waals surface area contributed by atoms with Crippen molar-refractivity contribution in [3.05, 3.63) is 12.2 Å². The molecule has 0 radical (unpaired) electrons. The predicted octanol–water partition coefficient (Wildman–Crippen LogP) is 0.163. The maximum Gasteiger partial charge on any atom is 0.230 e. The number of hydrogen-bond acceptors (Lipinski definition) is 4. The van der Waals surface area contributed by atoms with E-state index in [1.807, 2.05) is 17.1 Å². The maximum absolute atomic E-state index is 13.2. The van der Waals surface area contributed by atoms with Crippen LogP contribution in [0.2, 0.25) is 0 Å². The van der Waals surface area contributed by atoms with Crippen LogP contribution in [-0.2, 0) is 19.1 Å². The van der Waals surface area contributed by atoms with Gasteiger partial charge in [-0.1, -0.05) is 19.1 Å². The van der Waals surface area contributed by atoms with Gasteiger partial charge >= 0.3 is 0 Å². The summed E-state index contributed by atoms with van der Waals surface area (Å²) in [5, 5.41) is 2.72. The smallest absolute Gasteiger partial charge is 0.230 e. The Bertz CT molecular complexity index is 655. The molecule has 0 aromatic heterocycles. The molecule has 4 aliphatic rings. The van der Waals surface area contributed by atoms with Crippen LogP contribution in [0.5, 0.6) is 0 Å². The van der Waals surface area contributed by atoms with Gasteiger partial charge in [0.05, 0.1) is 24.5 Å². The lowest BCUT2D eigenvalue weighted by Gasteiger charge is -2.34. The molecule has 1 spiro atoms. The molecule has 2 bridgehead atoms. The van der Waals surface area contributed by atoms with Gasteiger partial charge in [0.25, 0.3) is 0 Å². The molecular formula is C19H27N3O4. The van der Waals surface area contributed by atoms with Gasteiger partial charge in [0, 0.05) is 33.1 Å². The Morgan fingerprint density at radius 1 is 1.35 bits per heavy atom. The van der Waals surface area contributed by atoms with E-state index in [1.54, 1.807) is 4.90 Å². The third-order valence-corrected chi connectivity index (χ3v) is 6.31. The van der Waals surface area contributed by atoms with Crippen molar-refractivity contribution in [2.24, 2.45) is 17.8 Å². The van der Waals surface area contributed by atoms with Crippen LogP contribution in [0.3, 0.4) is 0 Å². The van der Waals surface area contributed by atoms with Crippen LogP contribution in [0.4, 0.5) is 0 Å². The number of rotatable bonds is 4. The lowest BCUT2D eigenvalue weighted by molar-refractivity contribution is -0.144. The van der Waals surface area contributed by atoms with Crippen molar-refractivity contribution in [3.8, 4) is 0 Å². The Labute approximate surface area is 153 Å². The van der Waals surface area contributed by atoms with E-state index in [9.17, 15) is 14.4 Å². The van der Waals surface area contributed by atoms with Crippen LogP contribution < -0.4 is 5.32 Å². The van der Waals surface area contributed by atoms with Crippen molar-refractivity contribution in [3.63, 3.8) is 0 Å². The molecule has 3 amide bonds. The number of nitrogens with one attached hydrogen (secondary N) is 1. The number of likely N-dealkylation sites (tertiary alicyclic amines) is 2. The van der Waals surface area contributed by atoms with Gasteiger partial charge in [-0.15, -0.1) is 0 Å². The molecule has 4 aliphatic heterocycles. The van der Waals surface area contributed by atoms with Gasteiger partial charge in [-0.3, -0.25) is 14.4 Å². The van der Waals surface area contributed by atoms with E-state index in [0.29, 0.717) is 25.6 Å². The molecular weight excluding hydrogens is 334 g/mol. The molecule has 26 heavy (non-hydrogen) atoms. The summed E-state index contributed by atoms with van der Waals surface area (Å²) >= 11 is 0. The van der Waals surface area contributed by atoms with Crippen LogP contribution in [0.25, 0.3) is 0 Å². The Hall–Kier alpha value is -1.89. The minimum absolute atomic E-state index is 0.0223. The second-order valence-corrected chi connectivity index (χ2v) is 8.15. The van der Waals surface area contributed by atoms with E-state index in [2.05, 4.69) is 12.2 Å². The minimum atomic E-state index is -0.665. The highest BCUT2D eigenvalue weighted by molar-refractivity contribution is 5.93. The highest BCUT2D eigenvalue weighted by atomic mass is 16.5. The summed E-state index contributed by atoms with van der Waals surface area (Å²) in [6.07, 6.45) is 5.68. The Balaban J connectivity index is 1.48. The summed E-state index contributed by atoms with van der Waals surface area (Å²) in [5.41, 5.74) is -0.665.